The molecular weight excluding hydrogens is 268 g/mol. The number of nitrogen functional groups attached to an aromatic ring is 1. The minimum Gasteiger partial charge on any atom is -0.394 e. The minimum atomic E-state index is -0.156. The highest BCUT2D eigenvalue weighted by Crippen LogP contribution is 2.23. The quantitative estimate of drug-likeness (QED) is 0.569. The lowest BCUT2D eigenvalue weighted by molar-refractivity contribution is 0.0502. The molecule has 0 spiro atoms. The number of nitrogens with two attached hydrogens (primary N) is 1. The van der Waals surface area contributed by atoms with Gasteiger partial charge in [0.15, 0.2) is 5.82 Å². The lowest BCUT2D eigenvalue weighted by Gasteiger charge is -2.34. The number of carbonyl (C=O) groups excluding carboxylic acids is 1. The zero-order chi connectivity index (χ0) is 13.8. The average molecular weight is 285 g/mol. The van der Waals surface area contributed by atoms with E-state index in [1.807, 2.05) is 0 Å². The van der Waals surface area contributed by atoms with Crippen molar-refractivity contribution in [3.05, 3.63) is 22.8 Å². The highest BCUT2D eigenvalue weighted by molar-refractivity contribution is 6.33. The van der Waals surface area contributed by atoms with Gasteiger partial charge in [-0.1, -0.05) is 11.6 Å². The minimum absolute atomic E-state index is 0.0185. The fraction of sp³-hybridized carbons (Fsp3) is 0.500. The zero-order valence-electron chi connectivity index (χ0n) is 10.5. The van der Waals surface area contributed by atoms with Crippen LogP contribution in [-0.4, -0.2) is 40.1 Å². The number of halogens is 1. The van der Waals surface area contributed by atoms with Crippen molar-refractivity contribution in [3.63, 3.8) is 0 Å². The third kappa shape index (κ3) is 2.97. The van der Waals surface area contributed by atoms with Gasteiger partial charge < -0.3 is 15.4 Å². The standard InChI is InChI=1S/C12H17ClN4O2/c13-10-5-8(6-15-11(10)16-14)12(19)17-4-2-1-3-9(17)7-18/h5-6,9,18H,1-4,7,14H2,(H,15,16). The van der Waals surface area contributed by atoms with Gasteiger partial charge in [0.1, 0.15) is 0 Å². The topological polar surface area (TPSA) is 91.5 Å². The van der Waals surface area contributed by atoms with Crippen LogP contribution in [0.1, 0.15) is 29.6 Å². The van der Waals surface area contributed by atoms with E-state index in [0.717, 1.165) is 19.3 Å². The summed E-state index contributed by atoms with van der Waals surface area (Å²) in [4.78, 5) is 18.1. The number of hydrazine groups is 1. The molecule has 0 saturated carbocycles. The molecule has 1 aromatic rings. The maximum absolute atomic E-state index is 12.4. The monoisotopic (exact) mass is 284 g/mol. The van der Waals surface area contributed by atoms with Crippen LogP contribution < -0.4 is 11.3 Å². The van der Waals surface area contributed by atoms with Crippen LogP contribution in [0, 0.1) is 0 Å². The Morgan fingerprint density at radius 2 is 2.42 bits per heavy atom. The van der Waals surface area contributed by atoms with E-state index >= 15 is 0 Å². The summed E-state index contributed by atoms with van der Waals surface area (Å²) >= 11 is 5.96. The van der Waals surface area contributed by atoms with Crippen molar-refractivity contribution in [2.24, 2.45) is 5.84 Å². The molecule has 0 aliphatic carbocycles. The number of nitrogens with zero attached hydrogens (tertiary/aromatic N) is 2. The summed E-state index contributed by atoms with van der Waals surface area (Å²) in [6.07, 6.45) is 4.24. The average Bonchev–Trinajstić information content (AvgIpc) is 2.46. The van der Waals surface area contributed by atoms with Crippen molar-refractivity contribution < 1.29 is 9.90 Å². The number of aliphatic hydroxyl groups excluding tert-OH is 1. The molecule has 6 nitrogen and oxygen atoms in total. The molecule has 2 heterocycles. The molecule has 1 aliphatic rings. The Balaban J connectivity index is 2.20. The Morgan fingerprint density at radius 1 is 1.63 bits per heavy atom. The van der Waals surface area contributed by atoms with Crippen LogP contribution in [0.4, 0.5) is 5.82 Å². The van der Waals surface area contributed by atoms with Crippen LogP contribution in [0.15, 0.2) is 12.3 Å². The van der Waals surface area contributed by atoms with Gasteiger partial charge in [0, 0.05) is 12.7 Å². The van der Waals surface area contributed by atoms with Crippen LogP contribution in [0.5, 0.6) is 0 Å². The largest absolute Gasteiger partial charge is 0.394 e. The molecule has 104 valence electrons. The van der Waals surface area contributed by atoms with E-state index < -0.39 is 0 Å². The van der Waals surface area contributed by atoms with Gasteiger partial charge in [-0.3, -0.25) is 4.79 Å². The van der Waals surface area contributed by atoms with Gasteiger partial charge in [-0.05, 0) is 25.3 Å². The predicted octanol–water partition coefficient (Wildman–Crippen LogP) is 1.01. The van der Waals surface area contributed by atoms with Crippen LogP contribution >= 0.6 is 11.6 Å². The fourth-order valence-corrected chi connectivity index (χ4v) is 2.51. The molecule has 1 fully saturated rings. The molecule has 2 rings (SSSR count). The van der Waals surface area contributed by atoms with E-state index in [9.17, 15) is 9.90 Å². The Hall–Kier alpha value is -1.37. The summed E-state index contributed by atoms with van der Waals surface area (Å²) in [5.41, 5.74) is 2.76. The molecule has 1 unspecified atom stereocenters. The first kappa shape index (κ1) is 14.0. The number of rotatable bonds is 3. The highest BCUT2D eigenvalue weighted by Gasteiger charge is 2.27. The second-order valence-electron chi connectivity index (χ2n) is 4.53. The molecule has 4 N–H and O–H groups in total. The van der Waals surface area contributed by atoms with Crippen molar-refractivity contribution in [2.45, 2.75) is 25.3 Å². The van der Waals surface area contributed by atoms with E-state index in [0.29, 0.717) is 22.9 Å². The van der Waals surface area contributed by atoms with Gasteiger partial charge in [-0.15, -0.1) is 0 Å². The van der Waals surface area contributed by atoms with Gasteiger partial charge >= 0.3 is 0 Å². The number of aliphatic hydroxyl groups is 1. The Bertz CT molecular complexity index is 469. The molecule has 0 bridgehead atoms. The van der Waals surface area contributed by atoms with Gasteiger partial charge in [0.2, 0.25) is 0 Å². The number of piperidine rings is 1. The highest BCUT2D eigenvalue weighted by atomic mass is 35.5. The van der Waals surface area contributed by atoms with Crippen LogP contribution in [0.25, 0.3) is 0 Å². The van der Waals surface area contributed by atoms with E-state index in [2.05, 4.69) is 10.4 Å². The van der Waals surface area contributed by atoms with Gasteiger partial charge in [0.25, 0.3) is 5.91 Å². The van der Waals surface area contributed by atoms with E-state index in [-0.39, 0.29) is 18.6 Å². The molecule has 0 radical (unpaired) electrons. The second kappa shape index (κ2) is 6.18. The molecule has 1 amide bonds. The SMILES string of the molecule is NNc1ncc(C(=O)N2CCCCC2CO)cc1Cl. The number of nitrogens with one attached hydrogen (secondary N) is 1. The molecule has 1 atom stereocenters. The maximum Gasteiger partial charge on any atom is 0.255 e. The third-order valence-corrected chi connectivity index (χ3v) is 3.61. The van der Waals surface area contributed by atoms with Gasteiger partial charge in [-0.2, -0.15) is 0 Å². The number of amides is 1. The normalized spacial score (nSPS) is 19.3. The fourth-order valence-electron chi connectivity index (χ4n) is 2.28. The Kier molecular flexibility index (Phi) is 4.57. The van der Waals surface area contributed by atoms with E-state index in [4.69, 9.17) is 17.4 Å². The van der Waals surface area contributed by atoms with E-state index in [1.54, 1.807) is 4.90 Å². The van der Waals surface area contributed by atoms with Crippen LogP contribution in [0.2, 0.25) is 5.02 Å². The summed E-state index contributed by atoms with van der Waals surface area (Å²) in [7, 11) is 0. The van der Waals surface area contributed by atoms with Gasteiger partial charge in [0.05, 0.1) is 23.2 Å². The summed E-state index contributed by atoms with van der Waals surface area (Å²) in [6, 6.07) is 1.42. The number of hydrogen-bond donors (Lipinski definition) is 3. The van der Waals surface area contributed by atoms with E-state index in [1.165, 1.54) is 12.3 Å². The molecular formula is C12H17ClN4O2. The van der Waals surface area contributed by atoms with Crippen molar-refractivity contribution >= 4 is 23.3 Å². The number of pyridine rings is 1. The van der Waals surface area contributed by atoms with Crippen molar-refractivity contribution in [1.82, 2.24) is 9.88 Å². The molecule has 19 heavy (non-hydrogen) atoms. The number of likely N-dealkylation sites (tertiary alicyclic amines) is 1. The molecule has 1 aliphatic heterocycles. The first-order valence-electron chi connectivity index (χ1n) is 6.21. The summed E-state index contributed by atoms with van der Waals surface area (Å²) in [6.45, 7) is 0.633. The smallest absolute Gasteiger partial charge is 0.255 e. The molecule has 7 heteroatoms. The van der Waals surface area contributed by atoms with Crippen molar-refractivity contribution in [2.75, 3.05) is 18.6 Å². The number of aromatic nitrogens is 1. The van der Waals surface area contributed by atoms with Crippen LogP contribution in [-0.2, 0) is 0 Å². The number of hydrogen-bond acceptors (Lipinski definition) is 5. The second-order valence-corrected chi connectivity index (χ2v) is 4.94. The van der Waals surface area contributed by atoms with Crippen molar-refractivity contribution in [1.29, 1.82) is 0 Å². The first-order valence-corrected chi connectivity index (χ1v) is 6.59. The Labute approximate surface area is 116 Å². The first-order chi connectivity index (χ1) is 9.17. The number of carbonyl (C=O) groups is 1. The summed E-state index contributed by atoms with van der Waals surface area (Å²) in [5, 5.41) is 9.63. The summed E-state index contributed by atoms with van der Waals surface area (Å²) < 4.78 is 0. The zero-order valence-corrected chi connectivity index (χ0v) is 11.2. The van der Waals surface area contributed by atoms with Crippen molar-refractivity contribution in [3.8, 4) is 0 Å². The Morgan fingerprint density at radius 3 is 3.05 bits per heavy atom. The lowest BCUT2D eigenvalue weighted by Crippen LogP contribution is -2.45. The maximum atomic E-state index is 12.4. The number of anilines is 1. The summed E-state index contributed by atoms with van der Waals surface area (Å²) in [5.74, 6) is 5.41. The molecule has 1 saturated heterocycles. The van der Waals surface area contributed by atoms with Crippen LogP contribution in [0.3, 0.4) is 0 Å². The molecule has 0 aromatic carbocycles. The third-order valence-electron chi connectivity index (χ3n) is 3.32. The lowest BCUT2D eigenvalue weighted by atomic mass is 10.0. The van der Waals surface area contributed by atoms with Gasteiger partial charge in [-0.25, -0.2) is 10.8 Å². The molecule has 1 aromatic heterocycles. The predicted molar refractivity (Wildman–Crippen MR) is 72.8 cm³/mol.